The molecule has 0 aromatic heterocycles. The van der Waals surface area contributed by atoms with Crippen molar-refractivity contribution in [1.29, 1.82) is 0 Å². The van der Waals surface area contributed by atoms with E-state index in [0.717, 1.165) is 66.0 Å². The van der Waals surface area contributed by atoms with Crippen LogP contribution in [0.15, 0.2) is 107 Å². The number of hydrazone groups is 2. The number of alkyl halides is 3. The smallest absolute Gasteiger partial charge is 0.330 e. The summed E-state index contributed by atoms with van der Waals surface area (Å²) in [5.41, 5.74) is 17.0. The molecule has 2 heterocycles. The van der Waals surface area contributed by atoms with Crippen molar-refractivity contribution >= 4 is 57.0 Å². The quantitative estimate of drug-likeness (QED) is 0.200. The molecule has 2 aliphatic carbocycles. The van der Waals surface area contributed by atoms with Gasteiger partial charge in [-0.05, 0) is 110 Å². The van der Waals surface area contributed by atoms with Gasteiger partial charge in [-0.25, -0.2) is 10.0 Å². The number of nitrogens with two attached hydrogens (primary N) is 2. The summed E-state index contributed by atoms with van der Waals surface area (Å²) in [7, 11) is 0. The Hall–Kier alpha value is -4.14. The first kappa shape index (κ1) is 41.0. The first-order valence-corrected chi connectivity index (χ1v) is 21.0. The van der Waals surface area contributed by atoms with Gasteiger partial charge in [0.05, 0.1) is 5.56 Å². The van der Waals surface area contributed by atoms with Crippen LogP contribution < -0.4 is 11.5 Å². The van der Waals surface area contributed by atoms with Crippen LogP contribution in [0.1, 0.15) is 78.5 Å². The second-order valence-corrected chi connectivity index (χ2v) is 17.5. The van der Waals surface area contributed by atoms with Crippen molar-refractivity contribution in [2.24, 2.45) is 33.5 Å². The summed E-state index contributed by atoms with van der Waals surface area (Å²) < 4.78 is 39.7. The van der Waals surface area contributed by atoms with Gasteiger partial charge in [0.25, 0.3) is 0 Å². The van der Waals surface area contributed by atoms with E-state index in [1.54, 1.807) is 29.8 Å². The van der Waals surface area contributed by atoms with Crippen molar-refractivity contribution in [2.45, 2.75) is 68.3 Å². The van der Waals surface area contributed by atoms with Crippen LogP contribution in [0.5, 0.6) is 0 Å². The molecule has 0 saturated heterocycles. The maximum Gasteiger partial charge on any atom is 0.416 e. The molecule has 4 aromatic rings. The van der Waals surface area contributed by atoms with Gasteiger partial charge in [-0.15, -0.1) is 0 Å². The van der Waals surface area contributed by atoms with E-state index in [9.17, 15) is 22.8 Å². The lowest BCUT2D eigenvalue weighted by molar-refractivity contribution is -0.137. The molecular formula is C43H44ClF3N6O2S2. The summed E-state index contributed by atoms with van der Waals surface area (Å²) in [5.74, 6) is -0.0217. The summed E-state index contributed by atoms with van der Waals surface area (Å²) in [6, 6.07) is 29.1. The van der Waals surface area contributed by atoms with Gasteiger partial charge in [0.1, 0.15) is 19.8 Å². The predicted octanol–water partition coefficient (Wildman–Crippen LogP) is 9.09. The molecule has 0 radical (unpaired) electrons. The Balaban J connectivity index is 0.000000175. The first-order chi connectivity index (χ1) is 27.3. The standard InChI is InChI=1S/C22H22F3N3OS.C21H22ClN3OS/c1-14(29)28-21(17(11-12-26)10-9-15-5-2-3-8-19(15)21)30-20(27-28)16-6-4-7-18(13-16)22(23,24)25;1-14(26)25-21(27-20(24-25)16-6-4-7-18(22)13-16)17(11-12-23)10-9-15-5-2-3-8-19(15)21/h2-8,13,17H,9-12,26H2,1H3;2-8,13,17H,9-12,23H2,1H3/t17-,21-;17-,21+/m01/s1. The Morgan fingerprint density at radius 2 is 1.18 bits per heavy atom. The Kier molecular flexibility index (Phi) is 12.0. The van der Waals surface area contributed by atoms with E-state index in [1.165, 1.54) is 40.9 Å². The highest BCUT2D eigenvalue weighted by Crippen LogP contribution is 2.59. The number of rotatable bonds is 6. The molecule has 4 atom stereocenters. The van der Waals surface area contributed by atoms with Crippen LogP contribution in [0.3, 0.4) is 0 Å². The highest BCUT2D eigenvalue weighted by molar-refractivity contribution is 8.15. The predicted molar refractivity (Wildman–Crippen MR) is 223 cm³/mol. The molecule has 8 rings (SSSR count). The molecule has 8 nitrogen and oxygen atoms in total. The van der Waals surface area contributed by atoms with E-state index >= 15 is 0 Å². The summed E-state index contributed by atoms with van der Waals surface area (Å²) in [5, 5.41) is 14.4. The fourth-order valence-electron chi connectivity index (χ4n) is 8.64. The van der Waals surface area contributed by atoms with Gasteiger partial charge >= 0.3 is 6.18 Å². The van der Waals surface area contributed by atoms with E-state index < -0.39 is 21.5 Å². The van der Waals surface area contributed by atoms with Gasteiger partial charge in [0.2, 0.25) is 11.8 Å². The van der Waals surface area contributed by atoms with Crippen molar-refractivity contribution < 1.29 is 22.8 Å². The van der Waals surface area contributed by atoms with Crippen LogP contribution in [-0.4, -0.2) is 45.0 Å². The van der Waals surface area contributed by atoms with Crippen molar-refractivity contribution in [3.8, 4) is 0 Å². The molecule has 57 heavy (non-hydrogen) atoms. The third-order valence-corrected chi connectivity index (χ3v) is 14.4. The monoisotopic (exact) mass is 832 g/mol. The fraction of sp³-hybridized carbons (Fsp3) is 0.349. The SMILES string of the molecule is CC(=O)N1N=C(c2cccc(C(F)(F)F)c2)S[C@@]12c1ccccc1CC[C@H]2CCN.CC(=O)N1N=C(c2cccc(Cl)c2)S[C@@]12c1ccccc1CC[C@@H]2CCN. The lowest BCUT2D eigenvalue weighted by atomic mass is 9.77. The van der Waals surface area contributed by atoms with E-state index in [1.807, 2.05) is 54.6 Å². The van der Waals surface area contributed by atoms with Gasteiger partial charge in [-0.1, -0.05) is 108 Å². The minimum absolute atomic E-state index is 0.0401. The van der Waals surface area contributed by atoms with Crippen molar-refractivity contribution in [3.05, 3.63) is 141 Å². The number of hydrogen-bond acceptors (Lipinski definition) is 8. The minimum Gasteiger partial charge on any atom is -0.330 e. The van der Waals surface area contributed by atoms with Crippen LogP contribution in [0.4, 0.5) is 13.2 Å². The van der Waals surface area contributed by atoms with E-state index in [2.05, 4.69) is 23.3 Å². The molecule has 4 N–H and O–H groups in total. The van der Waals surface area contributed by atoms with Crippen molar-refractivity contribution in [2.75, 3.05) is 13.1 Å². The number of halogens is 4. The van der Waals surface area contributed by atoms with Crippen LogP contribution in [-0.2, 0) is 38.3 Å². The zero-order valence-corrected chi connectivity index (χ0v) is 34.0. The molecular weight excluding hydrogens is 789 g/mol. The third kappa shape index (κ3) is 7.65. The Morgan fingerprint density at radius 1 is 0.719 bits per heavy atom. The molecule has 0 saturated carbocycles. The number of aryl methyl sites for hydroxylation is 2. The highest BCUT2D eigenvalue weighted by atomic mass is 35.5. The number of carbonyl (C=O) groups excluding carboxylic acids is 2. The molecule has 2 amide bonds. The summed E-state index contributed by atoms with van der Waals surface area (Å²) >= 11 is 9.23. The summed E-state index contributed by atoms with van der Waals surface area (Å²) in [4.78, 5) is 24.0. The molecule has 0 unspecified atom stereocenters. The van der Waals surface area contributed by atoms with Crippen LogP contribution in [0.25, 0.3) is 0 Å². The Labute approximate surface area is 344 Å². The number of hydrogen-bond donors (Lipinski definition) is 2. The molecule has 4 aliphatic rings. The fourth-order valence-corrected chi connectivity index (χ4v) is 12.1. The summed E-state index contributed by atoms with van der Waals surface area (Å²) in [6.07, 6.45) is 0.784. The zero-order chi connectivity index (χ0) is 40.5. The average Bonchev–Trinajstić information content (AvgIpc) is 3.80. The lowest BCUT2D eigenvalue weighted by Gasteiger charge is -2.45. The highest BCUT2D eigenvalue weighted by Gasteiger charge is 2.56. The van der Waals surface area contributed by atoms with E-state index in [0.29, 0.717) is 35.1 Å². The van der Waals surface area contributed by atoms with E-state index in [4.69, 9.17) is 28.2 Å². The molecule has 4 aromatic carbocycles. The van der Waals surface area contributed by atoms with Crippen molar-refractivity contribution in [3.63, 3.8) is 0 Å². The lowest BCUT2D eigenvalue weighted by Crippen LogP contribution is -2.49. The van der Waals surface area contributed by atoms with Gasteiger partial charge in [0, 0.05) is 30.0 Å². The maximum absolute atomic E-state index is 13.2. The first-order valence-electron chi connectivity index (χ1n) is 19.0. The topological polar surface area (TPSA) is 117 Å². The van der Waals surface area contributed by atoms with Crippen LogP contribution in [0, 0.1) is 11.8 Å². The number of amides is 2. The van der Waals surface area contributed by atoms with E-state index in [-0.39, 0.29) is 23.7 Å². The van der Waals surface area contributed by atoms with Crippen LogP contribution >= 0.6 is 35.1 Å². The molecule has 0 fully saturated rings. The largest absolute Gasteiger partial charge is 0.416 e. The number of benzene rings is 4. The number of nitrogens with zero attached hydrogens (tertiary/aromatic N) is 4. The normalized spacial score (nSPS) is 23.7. The second kappa shape index (κ2) is 16.6. The molecule has 0 bridgehead atoms. The molecule has 298 valence electrons. The third-order valence-electron chi connectivity index (χ3n) is 11.1. The van der Waals surface area contributed by atoms with Gasteiger partial charge < -0.3 is 11.5 Å². The van der Waals surface area contributed by atoms with Crippen molar-refractivity contribution in [1.82, 2.24) is 10.0 Å². The average molecular weight is 833 g/mol. The zero-order valence-electron chi connectivity index (χ0n) is 31.6. The molecule has 14 heteroatoms. The van der Waals surface area contributed by atoms with Gasteiger partial charge in [-0.2, -0.15) is 23.4 Å². The van der Waals surface area contributed by atoms with Gasteiger partial charge in [-0.3, -0.25) is 9.59 Å². The summed E-state index contributed by atoms with van der Waals surface area (Å²) in [6.45, 7) is 4.08. The molecule has 2 aliphatic heterocycles. The van der Waals surface area contributed by atoms with Gasteiger partial charge in [0.15, 0.2) is 0 Å². The minimum atomic E-state index is -4.45. The Bertz CT molecular complexity index is 2240. The molecule has 2 spiro atoms. The number of carbonyl (C=O) groups is 2. The maximum atomic E-state index is 13.2. The second-order valence-electron chi connectivity index (χ2n) is 14.6. The Morgan fingerprint density at radius 3 is 1.61 bits per heavy atom. The number of fused-ring (bicyclic) bond motifs is 4. The van der Waals surface area contributed by atoms with Crippen LogP contribution in [0.2, 0.25) is 5.02 Å². The number of thioether (sulfide) groups is 2.